The van der Waals surface area contributed by atoms with Gasteiger partial charge in [0.1, 0.15) is 6.61 Å². The van der Waals surface area contributed by atoms with Gasteiger partial charge in [0.25, 0.3) is 0 Å². The quantitative estimate of drug-likeness (QED) is 0.615. The molecule has 1 N–H and O–H groups in total. The van der Waals surface area contributed by atoms with Crippen LogP contribution in [0.5, 0.6) is 0 Å². The number of ether oxygens (including phenoxy) is 2. The number of halogens is 4. The van der Waals surface area contributed by atoms with Crippen LogP contribution in [0.2, 0.25) is 5.02 Å². The molecular formula is C20H20ClF3N2O5. The predicted molar refractivity (Wildman–Crippen MR) is 106 cm³/mol. The number of aromatic nitrogens is 1. The molecule has 0 saturated heterocycles. The number of benzene rings is 1. The van der Waals surface area contributed by atoms with Gasteiger partial charge in [-0.05, 0) is 24.3 Å². The van der Waals surface area contributed by atoms with Gasteiger partial charge in [0, 0.05) is 42.1 Å². The molecule has 2 aromatic rings. The van der Waals surface area contributed by atoms with Crippen LogP contribution in [0.25, 0.3) is 17.0 Å². The molecule has 0 aliphatic heterocycles. The molecule has 1 aromatic heterocycles. The molecule has 0 bridgehead atoms. The summed E-state index contributed by atoms with van der Waals surface area (Å²) in [6.07, 6.45) is -4.08. The zero-order valence-corrected chi connectivity index (χ0v) is 17.0. The smallest absolute Gasteiger partial charge is 0.407 e. The van der Waals surface area contributed by atoms with E-state index in [4.69, 9.17) is 20.8 Å². The van der Waals surface area contributed by atoms with Crippen molar-refractivity contribution in [3.05, 3.63) is 52.6 Å². The summed E-state index contributed by atoms with van der Waals surface area (Å²) in [6.45, 7) is 3.75. The number of nitrogens with one attached hydrogen (secondary N) is 1. The summed E-state index contributed by atoms with van der Waals surface area (Å²) in [7, 11) is 0. The van der Waals surface area contributed by atoms with Crippen molar-refractivity contribution in [3.8, 4) is 11.3 Å². The number of carbonyl (C=O) groups is 1. The molecule has 1 heterocycles. The van der Waals surface area contributed by atoms with Crippen molar-refractivity contribution in [3.63, 3.8) is 0 Å². The molecule has 1 saturated carbocycles. The molecule has 0 atom stereocenters. The summed E-state index contributed by atoms with van der Waals surface area (Å²) >= 11 is 5.85. The Kier molecular flexibility index (Phi) is 7.24. The molecule has 0 radical (unpaired) electrons. The highest BCUT2D eigenvalue weighted by Gasteiger charge is 2.40. The molecule has 3 rings (SSSR count). The third-order valence-electron chi connectivity index (χ3n) is 4.65. The summed E-state index contributed by atoms with van der Waals surface area (Å²) in [6, 6.07) is 6.78. The first-order chi connectivity index (χ1) is 14.6. The van der Waals surface area contributed by atoms with Gasteiger partial charge in [-0.25, -0.2) is 4.79 Å². The van der Waals surface area contributed by atoms with Gasteiger partial charge in [-0.1, -0.05) is 18.2 Å². The molecular weight excluding hydrogens is 441 g/mol. The van der Waals surface area contributed by atoms with E-state index in [-0.39, 0.29) is 32.4 Å². The Morgan fingerprint density at radius 3 is 2.58 bits per heavy atom. The molecule has 0 spiro atoms. The second-order valence-electron chi connectivity index (χ2n) is 6.99. The topological polar surface area (TPSA) is 82.7 Å². The monoisotopic (exact) mass is 460 g/mol. The lowest BCUT2D eigenvalue weighted by Crippen LogP contribution is -2.42. The van der Waals surface area contributed by atoms with Crippen molar-refractivity contribution in [1.29, 1.82) is 0 Å². The van der Waals surface area contributed by atoms with Gasteiger partial charge in [0.15, 0.2) is 5.76 Å². The highest BCUT2D eigenvalue weighted by molar-refractivity contribution is 6.30. The van der Waals surface area contributed by atoms with Crippen LogP contribution in [-0.4, -0.2) is 42.2 Å². The Hall–Kier alpha value is -2.56. The summed E-state index contributed by atoms with van der Waals surface area (Å²) in [5, 5.41) is 3.16. The molecule has 1 aliphatic rings. The number of nitrogens with zero attached hydrogens (tertiary/aromatic N) is 1. The van der Waals surface area contributed by atoms with Gasteiger partial charge in [0.2, 0.25) is 5.91 Å². The van der Waals surface area contributed by atoms with Gasteiger partial charge in [-0.15, -0.1) is 13.2 Å². The van der Waals surface area contributed by atoms with Gasteiger partial charge >= 0.3 is 12.1 Å². The van der Waals surface area contributed by atoms with Crippen molar-refractivity contribution < 1.29 is 31.9 Å². The number of rotatable bonds is 9. The standard InChI is InChI=1S/C20H20ClF3N2O5/c1-12(26-10-17(30-19(26)28)13-2-4-14(21)5-3-13)6-7-25-18(27)11-29-15-8-16(9-15)31-20(22,23)24/h2-5,10,15-16H,1,6-9,11H2,(H,25,27)/t15-,16+. The van der Waals surface area contributed by atoms with Crippen LogP contribution in [0, 0.1) is 0 Å². The maximum absolute atomic E-state index is 12.1. The first-order valence-electron chi connectivity index (χ1n) is 9.40. The Morgan fingerprint density at radius 1 is 1.26 bits per heavy atom. The maximum atomic E-state index is 12.1. The zero-order chi connectivity index (χ0) is 22.6. The summed E-state index contributed by atoms with van der Waals surface area (Å²) < 4.78 is 51.7. The Balaban J connectivity index is 1.38. The van der Waals surface area contributed by atoms with E-state index in [9.17, 15) is 22.8 Å². The molecule has 11 heteroatoms. The molecule has 1 aliphatic carbocycles. The van der Waals surface area contributed by atoms with Crippen LogP contribution < -0.4 is 11.1 Å². The van der Waals surface area contributed by atoms with Crippen LogP contribution in [0.1, 0.15) is 19.3 Å². The first-order valence-corrected chi connectivity index (χ1v) is 9.78. The van der Waals surface area contributed by atoms with E-state index in [1.807, 2.05) is 0 Å². The highest BCUT2D eigenvalue weighted by Crippen LogP contribution is 2.32. The molecule has 1 amide bonds. The van der Waals surface area contributed by atoms with Crippen LogP contribution in [0.4, 0.5) is 13.2 Å². The minimum Gasteiger partial charge on any atom is -0.407 e. The lowest BCUT2D eigenvalue weighted by atomic mass is 9.92. The fourth-order valence-electron chi connectivity index (χ4n) is 2.96. The van der Waals surface area contributed by atoms with E-state index < -0.39 is 30.2 Å². The highest BCUT2D eigenvalue weighted by atomic mass is 35.5. The number of hydrogen-bond acceptors (Lipinski definition) is 5. The van der Waals surface area contributed by atoms with E-state index in [1.54, 1.807) is 24.3 Å². The van der Waals surface area contributed by atoms with E-state index >= 15 is 0 Å². The van der Waals surface area contributed by atoms with Gasteiger partial charge < -0.3 is 14.5 Å². The van der Waals surface area contributed by atoms with Crippen molar-refractivity contribution in [2.45, 2.75) is 37.8 Å². The number of oxazole rings is 1. The molecule has 31 heavy (non-hydrogen) atoms. The van der Waals surface area contributed by atoms with Gasteiger partial charge in [-0.2, -0.15) is 0 Å². The lowest BCUT2D eigenvalue weighted by molar-refractivity contribution is -0.357. The molecule has 7 nitrogen and oxygen atoms in total. The van der Waals surface area contributed by atoms with Crippen LogP contribution in [0.3, 0.4) is 0 Å². The molecule has 168 valence electrons. The average Bonchev–Trinajstić information content (AvgIpc) is 3.05. The zero-order valence-electron chi connectivity index (χ0n) is 16.3. The van der Waals surface area contributed by atoms with Crippen molar-refractivity contribution >= 4 is 23.2 Å². The predicted octanol–water partition coefficient (Wildman–Crippen LogP) is 3.82. The lowest BCUT2D eigenvalue weighted by Gasteiger charge is -2.34. The molecule has 0 unspecified atom stereocenters. The Morgan fingerprint density at radius 2 is 1.94 bits per heavy atom. The summed E-state index contributed by atoms with van der Waals surface area (Å²) in [5.74, 6) is -0.673. The van der Waals surface area contributed by atoms with E-state index in [2.05, 4.69) is 16.6 Å². The van der Waals surface area contributed by atoms with Gasteiger partial charge in [0.05, 0.1) is 18.4 Å². The third-order valence-corrected chi connectivity index (χ3v) is 4.90. The first kappa shape index (κ1) is 23.1. The molecule has 1 aromatic carbocycles. The van der Waals surface area contributed by atoms with Crippen molar-refractivity contribution in [2.75, 3.05) is 13.2 Å². The fraction of sp³-hybridized carbons (Fsp3) is 0.400. The Bertz CT molecular complexity index is 978. The number of hydrogen-bond donors (Lipinski definition) is 1. The second-order valence-corrected chi connectivity index (χ2v) is 7.43. The van der Waals surface area contributed by atoms with Crippen LogP contribution in [0.15, 0.2) is 46.3 Å². The minimum atomic E-state index is -4.66. The number of carbonyl (C=O) groups excluding carboxylic acids is 1. The van der Waals surface area contributed by atoms with Gasteiger partial charge in [-0.3, -0.25) is 14.1 Å². The van der Waals surface area contributed by atoms with Crippen LogP contribution in [-0.2, 0) is 14.3 Å². The largest absolute Gasteiger partial charge is 0.522 e. The number of alkyl halides is 3. The SMILES string of the molecule is C=C(CCNC(=O)CO[C@H]1C[C@@H](OC(F)(F)F)C1)n1cc(-c2ccc(Cl)cc2)oc1=O. The van der Waals surface area contributed by atoms with Crippen molar-refractivity contribution in [1.82, 2.24) is 9.88 Å². The van der Waals surface area contributed by atoms with Crippen molar-refractivity contribution in [2.24, 2.45) is 0 Å². The van der Waals surface area contributed by atoms with E-state index in [0.717, 1.165) is 0 Å². The average molecular weight is 461 g/mol. The maximum Gasteiger partial charge on any atom is 0.522 e. The Labute approximate surface area is 180 Å². The summed E-state index contributed by atoms with van der Waals surface area (Å²) in [4.78, 5) is 23.9. The summed E-state index contributed by atoms with van der Waals surface area (Å²) in [5.41, 5.74) is 1.10. The second kappa shape index (κ2) is 9.71. The number of amides is 1. The van der Waals surface area contributed by atoms with Crippen LogP contribution >= 0.6 is 11.6 Å². The molecule has 1 fully saturated rings. The minimum absolute atomic E-state index is 0.0863. The fourth-order valence-corrected chi connectivity index (χ4v) is 3.08. The normalized spacial score (nSPS) is 18.5. The van der Waals surface area contributed by atoms with E-state index in [0.29, 0.717) is 22.0 Å². The third kappa shape index (κ3) is 6.71. The van der Waals surface area contributed by atoms with E-state index in [1.165, 1.54) is 10.8 Å².